The van der Waals surface area contributed by atoms with E-state index >= 15 is 0 Å². The number of hydrogen-bond acceptors (Lipinski definition) is 5. The quantitative estimate of drug-likeness (QED) is 0.633. The highest BCUT2D eigenvalue weighted by atomic mass is 32.2. The summed E-state index contributed by atoms with van der Waals surface area (Å²) in [7, 11) is -4.89. The summed E-state index contributed by atoms with van der Waals surface area (Å²) in [6.45, 7) is 7.69. The fraction of sp³-hybridized carbons (Fsp3) is 0.545. The first-order chi connectivity index (χ1) is 8.53. The summed E-state index contributed by atoms with van der Waals surface area (Å²) in [5.74, 6) is 0. The summed E-state index contributed by atoms with van der Waals surface area (Å²) in [6.07, 6.45) is 1.32. The molecule has 104 valence electrons. The Morgan fingerprint density at radius 3 is 2.05 bits per heavy atom. The van der Waals surface area contributed by atoms with Crippen molar-refractivity contribution in [1.29, 1.82) is 0 Å². The molecule has 19 heavy (non-hydrogen) atoms. The third kappa shape index (κ3) is 2.67. The monoisotopic (exact) mass is 285 g/mol. The smallest absolute Gasteiger partial charge is 0.399 e. The van der Waals surface area contributed by atoms with Crippen LogP contribution in [0, 0.1) is 0 Å². The van der Waals surface area contributed by atoms with Gasteiger partial charge in [0, 0.05) is 11.7 Å². The molecule has 0 saturated carbocycles. The van der Waals surface area contributed by atoms with Gasteiger partial charge in [-0.25, -0.2) is 4.98 Å². The van der Waals surface area contributed by atoms with Crippen molar-refractivity contribution in [3.8, 4) is 0 Å². The lowest BCUT2D eigenvalue weighted by Gasteiger charge is -2.32. The first kappa shape index (κ1) is 14.5. The van der Waals surface area contributed by atoms with Gasteiger partial charge < -0.3 is 9.31 Å². The molecule has 0 aromatic carbocycles. The molecule has 2 rings (SSSR count). The van der Waals surface area contributed by atoms with Crippen LogP contribution in [-0.4, -0.2) is 36.3 Å². The van der Waals surface area contributed by atoms with Gasteiger partial charge in [-0.1, -0.05) is 6.07 Å². The van der Waals surface area contributed by atoms with Crippen molar-refractivity contribution in [1.82, 2.24) is 4.98 Å². The van der Waals surface area contributed by atoms with Crippen LogP contribution < -0.4 is 5.46 Å². The zero-order chi connectivity index (χ0) is 14.5. The lowest BCUT2D eigenvalue weighted by atomic mass is 9.80. The van der Waals surface area contributed by atoms with Crippen molar-refractivity contribution in [2.45, 2.75) is 43.9 Å². The van der Waals surface area contributed by atoms with Crippen LogP contribution in [0.3, 0.4) is 0 Å². The molecule has 0 spiro atoms. The highest BCUT2D eigenvalue weighted by molar-refractivity contribution is 7.85. The molecular formula is C11H16BNO5S. The van der Waals surface area contributed by atoms with Gasteiger partial charge in [-0.15, -0.1) is 0 Å². The van der Waals surface area contributed by atoms with Gasteiger partial charge in [0.15, 0.2) is 5.03 Å². The predicted molar refractivity (Wildman–Crippen MR) is 69.8 cm³/mol. The largest absolute Gasteiger partial charge is 0.496 e. The lowest BCUT2D eigenvalue weighted by molar-refractivity contribution is 0.00578. The molecule has 0 aliphatic carbocycles. The normalized spacial score (nSPS) is 21.6. The second-order valence-corrected chi connectivity index (χ2v) is 6.86. The number of nitrogens with zero attached hydrogens (tertiary/aromatic N) is 1. The first-order valence-corrected chi connectivity index (χ1v) is 7.26. The van der Waals surface area contributed by atoms with Gasteiger partial charge in [0.1, 0.15) is 0 Å². The third-order valence-electron chi connectivity index (χ3n) is 3.55. The van der Waals surface area contributed by atoms with Crippen molar-refractivity contribution < 1.29 is 22.3 Å². The van der Waals surface area contributed by atoms with E-state index in [9.17, 15) is 8.42 Å². The number of aromatic nitrogens is 1. The van der Waals surface area contributed by atoms with Crippen LogP contribution >= 0.6 is 0 Å². The van der Waals surface area contributed by atoms with Crippen molar-refractivity contribution in [2.75, 3.05) is 0 Å². The van der Waals surface area contributed by atoms with E-state index in [4.69, 9.17) is 13.9 Å². The Labute approximate surface area is 113 Å². The van der Waals surface area contributed by atoms with Crippen LogP contribution in [0.2, 0.25) is 0 Å². The molecule has 1 N–H and O–H groups in total. The number of rotatable bonds is 2. The lowest BCUT2D eigenvalue weighted by Crippen LogP contribution is -2.41. The average Bonchev–Trinajstić information content (AvgIpc) is 2.47. The molecule has 1 aliphatic rings. The Bertz CT molecular complexity index is 566. The molecule has 0 unspecified atom stereocenters. The topological polar surface area (TPSA) is 85.7 Å². The summed E-state index contributed by atoms with van der Waals surface area (Å²) in [5.41, 5.74) is -0.343. The molecule has 0 bridgehead atoms. The molecule has 2 heterocycles. The molecule has 1 saturated heterocycles. The molecule has 1 aromatic heterocycles. The summed E-state index contributed by atoms with van der Waals surface area (Å²) in [5, 5.41) is -0.396. The maximum atomic E-state index is 10.9. The highest BCUT2D eigenvalue weighted by Crippen LogP contribution is 2.36. The second kappa shape index (κ2) is 4.27. The van der Waals surface area contributed by atoms with E-state index in [-0.39, 0.29) is 0 Å². The standard InChI is InChI=1S/C11H16BNO5S/c1-10(2)11(3,4)18-12(17-10)8-5-6-9(13-7-8)19(14,15)16/h5-7H,1-4H3,(H,14,15,16). The minimum absolute atomic E-state index is 0.396. The fourth-order valence-electron chi connectivity index (χ4n) is 1.66. The molecule has 0 radical (unpaired) electrons. The van der Waals surface area contributed by atoms with Gasteiger partial charge in [-0.2, -0.15) is 8.42 Å². The van der Waals surface area contributed by atoms with Crippen LogP contribution in [-0.2, 0) is 19.4 Å². The fourth-order valence-corrected chi connectivity index (χ4v) is 2.09. The van der Waals surface area contributed by atoms with Crippen LogP contribution in [0.5, 0.6) is 0 Å². The summed E-state index contributed by atoms with van der Waals surface area (Å²) in [4.78, 5) is 3.69. The van der Waals surface area contributed by atoms with E-state index in [2.05, 4.69) is 4.98 Å². The second-order valence-electron chi connectivity index (χ2n) is 5.49. The summed E-state index contributed by atoms with van der Waals surface area (Å²) >= 11 is 0. The van der Waals surface area contributed by atoms with Crippen molar-refractivity contribution in [3.05, 3.63) is 18.3 Å². The van der Waals surface area contributed by atoms with E-state index < -0.39 is 33.5 Å². The Morgan fingerprint density at radius 1 is 1.16 bits per heavy atom. The van der Waals surface area contributed by atoms with Crippen molar-refractivity contribution >= 4 is 22.7 Å². The molecule has 0 amide bonds. The number of pyridine rings is 1. The SMILES string of the molecule is CC1(C)OB(c2ccc(S(=O)(=O)O)nc2)OC1(C)C. The minimum Gasteiger partial charge on any atom is -0.399 e. The van der Waals surface area contributed by atoms with Gasteiger partial charge in [-0.3, -0.25) is 4.55 Å². The Balaban J connectivity index is 2.26. The van der Waals surface area contributed by atoms with E-state index in [1.807, 2.05) is 27.7 Å². The predicted octanol–water partition coefficient (Wildman–Crippen LogP) is 0.627. The molecular weight excluding hydrogens is 269 g/mol. The van der Waals surface area contributed by atoms with Crippen molar-refractivity contribution in [3.63, 3.8) is 0 Å². The zero-order valence-corrected chi connectivity index (χ0v) is 12.1. The van der Waals surface area contributed by atoms with Crippen LogP contribution in [0.15, 0.2) is 23.4 Å². The zero-order valence-electron chi connectivity index (χ0n) is 11.2. The van der Waals surface area contributed by atoms with Gasteiger partial charge >= 0.3 is 17.2 Å². The molecule has 1 aliphatic heterocycles. The van der Waals surface area contributed by atoms with Gasteiger partial charge in [0.05, 0.1) is 11.2 Å². The summed E-state index contributed by atoms with van der Waals surface area (Å²) in [6, 6.07) is 2.73. The van der Waals surface area contributed by atoms with E-state index in [1.54, 1.807) is 0 Å². The average molecular weight is 285 g/mol. The number of hydrogen-bond donors (Lipinski definition) is 1. The van der Waals surface area contributed by atoms with Crippen molar-refractivity contribution in [2.24, 2.45) is 0 Å². The van der Waals surface area contributed by atoms with Gasteiger partial charge in [0.25, 0.3) is 0 Å². The molecule has 6 nitrogen and oxygen atoms in total. The Hall–Kier alpha value is -0.955. The molecule has 0 atom stereocenters. The Morgan fingerprint density at radius 2 is 1.68 bits per heavy atom. The first-order valence-electron chi connectivity index (χ1n) is 5.82. The minimum atomic E-state index is -4.28. The maximum Gasteiger partial charge on any atom is 0.496 e. The maximum absolute atomic E-state index is 10.9. The van der Waals surface area contributed by atoms with Crippen LogP contribution in [0.25, 0.3) is 0 Å². The third-order valence-corrected chi connectivity index (χ3v) is 4.32. The van der Waals surface area contributed by atoms with E-state index in [0.29, 0.717) is 5.46 Å². The van der Waals surface area contributed by atoms with E-state index in [0.717, 1.165) is 0 Å². The molecule has 1 aromatic rings. The summed E-state index contributed by atoms with van der Waals surface area (Å²) < 4.78 is 42.3. The Kier molecular flexibility index (Phi) is 3.25. The highest BCUT2D eigenvalue weighted by Gasteiger charge is 2.51. The molecule has 8 heteroatoms. The van der Waals surface area contributed by atoms with Crippen LogP contribution in [0.1, 0.15) is 27.7 Å². The van der Waals surface area contributed by atoms with Crippen LogP contribution in [0.4, 0.5) is 0 Å². The van der Waals surface area contributed by atoms with Gasteiger partial charge in [-0.05, 0) is 33.8 Å². The van der Waals surface area contributed by atoms with E-state index in [1.165, 1.54) is 18.3 Å². The molecule has 1 fully saturated rings. The van der Waals surface area contributed by atoms with Gasteiger partial charge in [0.2, 0.25) is 0 Å².